The first-order valence-corrected chi connectivity index (χ1v) is 11.7. The number of benzene rings is 2. The third kappa shape index (κ3) is 5.70. The molecule has 1 N–H and O–H groups in total. The Kier molecular flexibility index (Phi) is 7.30. The molecule has 1 atom stereocenters. The molecule has 1 saturated heterocycles. The van der Waals surface area contributed by atoms with Crippen molar-refractivity contribution in [3.8, 4) is 0 Å². The molecule has 0 unspecified atom stereocenters. The van der Waals surface area contributed by atoms with Crippen LogP contribution < -0.4 is 10.8 Å². The predicted octanol–water partition coefficient (Wildman–Crippen LogP) is 3.80. The van der Waals surface area contributed by atoms with E-state index in [0.29, 0.717) is 12.0 Å². The molecule has 3 rings (SSSR count). The number of hydrogen-bond acceptors (Lipinski definition) is 5. The minimum atomic E-state index is -0.803. The van der Waals surface area contributed by atoms with Gasteiger partial charge in [-0.25, -0.2) is 4.79 Å². The predicted molar refractivity (Wildman–Crippen MR) is 134 cm³/mol. The van der Waals surface area contributed by atoms with Crippen LogP contribution in [0.2, 0.25) is 0 Å². The van der Waals surface area contributed by atoms with Crippen molar-refractivity contribution in [1.82, 2.24) is 5.32 Å². The Labute approximate surface area is 203 Å². The van der Waals surface area contributed by atoms with Crippen LogP contribution in [-0.4, -0.2) is 43.3 Å². The molecule has 34 heavy (non-hydrogen) atoms. The van der Waals surface area contributed by atoms with Crippen LogP contribution in [0.4, 0.5) is 0 Å². The molecule has 1 aliphatic rings. The van der Waals surface area contributed by atoms with Crippen LogP contribution in [0.3, 0.4) is 0 Å². The third-order valence-corrected chi connectivity index (χ3v) is 6.75. The van der Waals surface area contributed by atoms with Gasteiger partial charge in [-0.15, -0.1) is 0 Å². The number of esters is 1. The quantitative estimate of drug-likeness (QED) is 0.519. The Bertz CT molecular complexity index is 1010. The highest BCUT2D eigenvalue weighted by Crippen LogP contribution is 2.36. The highest BCUT2D eigenvalue weighted by atomic mass is 16.7. The zero-order chi connectivity index (χ0) is 25.3. The Morgan fingerprint density at radius 3 is 1.94 bits per heavy atom. The lowest BCUT2D eigenvalue weighted by molar-refractivity contribution is -0.142. The zero-order valence-corrected chi connectivity index (χ0v) is 21.5. The molecule has 0 aromatic heterocycles. The summed E-state index contributed by atoms with van der Waals surface area (Å²) in [6.45, 7) is 14.4. The van der Waals surface area contributed by atoms with Gasteiger partial charge in [-0.3, -0.25) is 4.79 Å². The number of amides is 1. The summed E-state index contributed by atoms with van der Waals surface area (Å²) >= 11 is 0. The van der Waals surface area contributed by atoms with Gasteiger partial charge in [-0.2, -0.15) is 0 Å². The van der Waals surface area contributed by atoms with Crippen LogP contribution in [0.5, 0.6) is 0 Å². The second kappa shape index (κ2) is 9.55. The molecule has 1 heterocycles. The van der Waals surface area contributed by atoms with E-state index < -0.39 is 30.3 Å². The minimum absolute atomic E-state index is 0.00416. The monoisotopic (exact) mass is 465 g/mol. The molecule has 1 amide bonds. The smallest absolute Gasteiger partial charge is 0.467 e. The normalized spacial score (nSPS) is 17.8. The number of ether oxygens (including phenoxy) is 1. The number of methoxy groups -OCH3 is 1. The molecule has 2 aromatic carbocycles. The standard InChI is InChI=1S/C27H36BNO5/c1-25(2,3)20-13-11-19(12-14-20)23(30)29-22(24(31)32-8)17-18-9-15-21(16-10-18)28-33-26(4,5)27(6,7)34-28/h9-16,22H,17H2,1-8H3,(H,29,30)/t22-/m0/s1. The minimum Gasteiger partial charge on any atom is -0.467 e. The van der Waals surface area contributed by atoms with Gasteiger partial charge in [-0.05, 0) is 61.8 Å². The molecule has 0 radical (unpaired) electrons. The van der Waals surface area contributed by atoms with E-state index >= 15 is 0 Å². The van der Waals surface area contributed by atoms with Gasteiger partial charge >= 0.3 is 13.1 Å². The maximum Gasteiger partial charge on any atom is 0.494 e. The molecule has 1 fully saturated rings. The Hall–Kier alpha value is -2.64. The van der Waals surface area contributed by atoms with Gasteiger partial charge in [0.15, 0.2) is 0 Å². The average molecular weight is 465 g/mol. The van der Waals surface area contributed by atoms with Crippen LogP contribution in [0.25, 0.3) is 0 Å². The van der Waals surface area contributed by atoms with Gasteiger partial charge < -0.3 is 19.4 Å². The summed E-state index contributed by atoms with van der Waals surface area (Å²) in [6, 6.07) is 14.3. The van der Waals surface area contributed by atoms with Crippen molar-refractivity contribution in [3.05, 3.63) is 65.2 Å². The molecule has 0 bridgehead atoms. The maximum absolute atomic E-state index is 12.8. The Morgan fingerprint density at radius 2 is 1.47 bits per heavy atom. The SMILES string of the molecule is COC(=O)[C@H](Cc1ccc(B2OC(C)(C)C(C)(C)O2)cc1)NC(=O)c1ccc(C(C)(C)C)cc1. The molecule has 0 saturated carbocycles. The number of rotatable bonds is 6. The first kappa shape index (κ1) is 26.0. The van der Waals surface area contributed by atoms with Crippen molar-refractivity contribution >= 4 is 24.5 Å². The summed E-state index contributed by atoms with van der Waals surface area (Å²) in [7, 11) is 0.868. The molecule has 6 nitrogen and oxygen atoms in total. The van der Waals surface area contributed by atoms with E-state index in [1.54, 1.807) is 12.1 Å². The summed E-state index contributed by atoms with van der Waals surface area (Å²) in [5, 5.41) is 2.82. The van der Waals surface area contributed by atoms with Crippen LogP contribution in [-0.2, 0) is 30.7 Å². The van der Waals surface area contributed by atoms with Crippen molar-refractivity contribution in [2.75, 3.05) is 7.11 Å². The summed E-state index contributed by atoms with van der Waals surface area (Å²) < 4.78 is 17.2. The van der Waals surface area contributed by atoms with Crippen molar-refractivity contribution in [2.45, 2.75) is 77.5 Å². The van der Waals surface area contributed by atoms with E-state index in [-0.39, 0.29) is 11.3 Å². The first-order chi connectivity index (χ1) is 15.7. The van der Waals surface area contributed by atoms with Gasteiger partial charge in [-0.1, -0.05) is 57.2 Å². The largest absolute Gasteiger partial charge is 0.494 e. The number of carbonyl (C=O) groups is 2. The lowest BCUT2D eigenvalue weighted by Crippen LogP contribution is -2.43. The highest BCUT2D eigenvalue weighted by molar-refractivity contribution is 6.62. The summed E-state index contributed by atoms with van der Waals surface area (Å²) in [5.74, 6) is -0.806. The first-order valence-electron chi connectivity index (χ1n) is 11.7. The molecular formula is C27H36BNO5. The fraction of sp³-hybridized carbons (Fsp3) is 0.481. The van der Waals surface area contributed by atoms with Crippen molar-refractivity contribution in [3.63, 3.8) is 0 Å². The topological polar surface area (TPSA) is 73.9 Å². The number of hydrogen-bond donors (Lipinski definition) is 1. The molecule has 182 valence electrons. The van der Waals surface area contributed by atoms with Crippen LogP contribution >= 0.6 is 0 Å². The molecule has 1 aliphatic heterocycles. The lowest BCUT2D eigenvalue weighted by Gasteiger charge is -2.32. The molecule has 2 aromatic rings. The fourth-order valence-electron chi connectivity index (χ4n) is 3.72. The number of carbonyl (C=O) groups excluding carboxylic acids is 2. The number of nitrogens with one attached hydrogen (secondary N) is 1. The van der Waals surface area contributed by atoms with E-state index in [1.165, 1.54) is 7.11 Å². The molecule has 7 heteroatoms. The lowest BCUT2D eigenvalue weighted by atomic mass is 9.78. The fourth-order valence-corrected chi connectivity index (χ4v) is 3.72. The summed E-state index contributed by atoms with van der Waals surface area (Å²) in [6.07, 6.45) is 0.308. The van der Waals surface area contributed by atoms with Gasteiger partial charge in [0, 0.05) is 12.0 Å². The van der Waals surface area contributed by atoms with E-state index in [9.17, 15) is 9.59 Å². The van der Waals surface area contributed by atoms with Crippen molar-refractivity contribution in [2.24, 2.45) is 0 Å². The molecular weight excluding hydrogens is 429 g/mol. The second-order valence-electron chi connectivity index (χ2n) is 10.9. The van der Waals surface area contributed by atoms with Gasteiger partial charge in [0.05, 0.1) is 18.3 Å². The maximum atomic E-state index is 12.8. The third-order valence-electron chi connectivity index (χ3n) is 6.75. The Balaban J connectivity index is 1.70. The van der Waals surface area contributed by atoms with E-state index in [1.807, 2.05) is 64.1 Å². The molecule has 0 spiro atoms. The van der Waals surface area contributed by atoms with E-state index in [2.05, 4.69) is 26.1 Å². The Morgan fingerprint density at radius 1 is 0.941 bits per heavy atom. The molecule has 0 aliphatic carbocycles. The van der Waals surface area contributed by atoms with Gasteiger partial charge in [0.2, 0.25) is 0 Å². The second-order valence-corrected chi connectivity index (χ2v) is 10.9. The van der Waals surface area contributed by atoms with Crippen LogP contribution in [0, 0.1) is 0 Å². The zero-order valence-electron chi connectivity index (χ0n) is 21.5. The van der Waals surface area contributed by atoms with Crippen molar-refractivity contribution < 1.29 is 23.6 Å². The van der Waals surface area contributed by atoms with Gasteiger partial charge in [0.25, 0.3) is 5.91 Å². The van der Waals surface area contributed by atoms with E-state index in [0.717, 1.165) is 16.6 Å². The van der Waals surface area contributed by atoms with Crippen molar-refractivity contribution in [1.29, 1.82) is 0 Å². The summed E-state index contributed by atoms with van der Waals surface area (Å²) in [5.41, 5.74) is 2.59. The van der Waals surface area contributed by atoms with Crippen LogP contribution in [0.1, 0.15) is 70.0 Å². The highest BCUT2D eigenvalue weighted by Gasteiger charge is 2.51. The van der Waals surface area contributed by atoms with Crippen LogP contribution in [0.15, 0.2) is 48.5 Å². The van der Waals surface area contributed by atoms with Gasteiger partial charge in [0.1, 0.15) is 6.04 Å². The average Bonchev–Trinajstić information content (AvgIpc) is 2.99. The van der Waals surface area contributed by atoms with E-state index in [4.69, 9.17) is 14.0 Å². The summed E-state index contributed by atoms with van der Waals surface area (Å²) in [4.78, 5) is 25.2.